The maximum atomic E-state index is 11.4. The molecule has 0 N–H and O–H groups in total. The fourth-order valence-electron chi connectivity index (χ4n) is 3.61. The molecule has 0 saturated heterocycles. The molecular weight excluding hydrogens is 302 g/mol. The molecule has 0 saturated carbocycles. The monoisotopic (exact) mass is 327 g/mol. The first-order valence-electron chi connectivity index (χ1n) is 8.28. The first-order valence-corrected chi connectivity index (χ1v) is 8.28. The van der Waals surface area contributed by atoms with Crippen LogP contribution < -0.4 is 14.6 Å². The molecule has 2 aromatic rings. The molecule has 4 nitrogen and oxygen atoms in total. The van der Waals surface area contributed by atoms with Gasteiger partial charge in [0.05, 0.1) is 34.9 Å². The average molecular weight is 327 g/mol. The molecule has 1 aliphatic rings. The van der Waals surface area contributed by atoms with Gasteiger partial charge < -0.3 is 19.1 Å². The topological polar surface area (TPSA) is 41.5 Å². The first kappa shape index (κ1) is 16.7. The van der Waals surface area contributed by atoms with Crippen LogP contribution in [0.5, 0.6) is 17.2 Å². The van der Waals surface area contributed by atoms with Gasteiger partial charge in [0, 0.05) is 18.4 Å². The molecule has 2 aromatic carbocycles. The minimum atomic E-state index is 0.0583. The van der Waals surface area contributed by atoms with Crippen molar-refractivity contribution in [2.75, 3.05) is 34.9 Å². The van der Waals surface area contributed by atoms with Crippen molar-refractivity contribution >= 4 is 0 Å². The van der Waals surface area contributed by atoms with E-state index in [-0.39, 0.29) is 5.75 Å². The smallest absolute Gasteiger partial charge is 0.161 e. The van der Waals surface area contributed by atoms with Crippen LogP contribution >= 0.6 is 0 Å². The highest BCUT2D eigenvalue weighted by Gasteiger charge is 2.36. The van der Waals surface area contributed by atoms with Gasteiger partial charge in [-0.1, -0.05) is 24.3 Å². The van der Waals surface area contributed by atoms with Crippen molar-refractivity contribution in [2.45, 2.75) is 18.9 Å². The van der Waals surface area contributed by atoms with Crippen LogP contribution in [-0.2, 0) is 12.8 Å². The number of benzene rings is 2. The van der Waals surface area contributed by atoms with Crippen molar-refractivity contribution in [3.05, 3.63) is 53.1 Å². The molecular formula is C20H25NO3. The Morgan fingerprint density at radius 2 is 1.67 bits per heavy atom. The third-order valence-corrected chi connectivity index (χ3v) is 5.16. The predicted molar refractivity (Wildman–Crippen MR) is 92.6 cm³/mol. The summed E-state index contributed by atoms with van der Waals surface area (Å²) < 4.78 is 11.9. The normalized spacial score (nSPS) is 18.8. The second kappa shape index (κ2) is 6.36. The lowest BCUT2D eigenvalue weighted by Gasteiger charge is -2.43. The molecule has 0 spiro atoms. The highest BCUT2D eigenvalue weighted by molar-refractivity contribution is 5.49. The summed E-state index contributed by atoms with van der Waals surface area (Å²) >= 11 is 0. The second-order valence-electron chi connectivity index (χ2n) is 7.02. The fraction of sp³-hybridized carbons (Fsp3) is 0.400. The lowest BCUT2D eigenvalue weighted by Crippen LogP contribution is -2.48. The SMILES string of the molecule is COc1cc2c(cc1OC)C(Cc1ccc([O-])cc1)[N+](C)(C)CC2. The van der Waals surface area contributed by atoms with Crippen LogP contribution in [-0.4, -0.2) is 39.3 Å². The second-order valence-corrected chi connectivity index (χ2v) is 7.02. The number of hydrogen-bond donors (Lipinski definition) is 0. The average Bonchev–Trinajstić information content (AvgIpc) is 2.58. The Kier molecular flexibility index (Phi) is 4.41. The van der Waals surface area contributed by atoms with Crippen molar-refractivity contribution < 1.29 is 19.1 Å². The van der Waals surface area contributed by atoms with Gasteiger partial charge in [0.25, 0.3) is 0 Å². The van der Waals surface area contributed by atoms with Gasteiger partial charge in [-0.2, -0.15) is 0 Å². The Labute approximate surface area is 143 Å². The number of hydrogen-bond acceptors (Lipinski definition) is 3. The molecule has 4 heteroatoms. The Morgan fingerprint density at radius 1 is 1.04 bits per heavy atom. The van der Waals surface area contributed by atoms with E-state index < -0.39 is 0 Å². The zero-order valence-electron chi connectivity index (χ0n) is 14.8. The van der Waals surface area contributed by atoms with Gasteiger partial charge in [0.1, 0.15) is 6.04 Å². The van der Waals surface area contributed by atoms with Crippen molar-refractivity contribution in [3.8, 4) is 17.2 Å². The summed E-state index contributed by atoms with van der Waals surface area (Å²) in [5, 5.41) is 11.4. The predicted octanol–water partition coefficient (Wildman–Crippen LogP) is 2.69. The van der Waals surface area contributed by atoms with Crippen LogP contribution in [0.3, 0.4) is 0 Å². The molecule has 0 fully saturated rings. The third-order valence-electron chi connectivity index (χ3n) is 5.16. The van der Waals surface area contributed by atoms with Crippen molar-refractivity contribution in [1.82, 2.24) is 0 Å². The van der Waals surface area contributed by atoms with Gasteiger partial charge in [-0.15, -0.1) is 5.75 Å². The Balaban J connectivity index is 2.02. The van der Waals surface area contributed by atoms with E-state index in [4.69, 9.17) is 9.47 Å². The van der Waals surface area contributed by atoms with Crippen molar-refractivity contribution in [2.24, 2.45) is 0 Å². The number of quaternary nitrogens is 1. The highest BCUT2D eigenvalue weighted by atomic mass is 16.5. The van der Waals surface area contributed by atoms with E-state index in [2.05, 4.69) is 26.2 Å². The molecule has 3 rings (SSSR count). The first-order chi connectivity index (χ1) is 11.4. The zero-order chi connectivity index (χ0) is 17.3. The number of fused-ring (bicyclic) bond motifs is 1. The summed E-state index contributed by atoms with van der Waals surface area (Å²) in [6.07, 6.45) is 1.93. The summed E-state index contributed by atoms with van der Waals surface area (Å²) in [4.78, 5) is 0. The largest absolute Gasteiger partial charge is 0.872 e. The van der Waals surface area contributed by atoms with Crippen LogP contribution in [0.2, 0.25) is 0 Å². The molecule has 1 atom stereocenters. The maximum absolute atomic E-state index is 11.4. The van der Waals surface area contributed by atoms with Gasteiger partial charge in [0.2, 0.25) is 0 Å². The molecule has 128 valence electrons. The molecule has 1 aliphatic heterocycles. The van der Waals surface area contributed by atoms with Crippen LogP contribution in [0, 0.1) is 0 Å². The van der Waals surface area contributed by atoms with E-state index in [1.54, 1.807) is 26.4 Å². The van der Waals surface area contributed by atoms with Crippen LogP contribution in [0.25, 0.3) is 0 Å². The minimum Gasteiger partial charge on any atom is -0.872 e. The van der Waals surface area contributed by atoms with Crippen LogP contribution in [0.15, 0.2) is 36.4 Å². The van der Waals surface area contributed by atoms with E-state index in [1.807, 2.05) is 12.1 Å². The lowest BCUT2D eigenvalue weighted by atomic mass is 9.87. The van der Waals surface area contributed by atoms with E-state index in [9.17, 15) is 5.11 Å². The summed E-state index contributed by atoms with van der Waals surface area (Å²) in [6, 6.07) is 11.7. The van der Waals surface area contributed by atoms with Gasteiger partial charge in [-0.3, -0.25) is 0 Å². The lowest BCUT2D eigenvalue weighted by molar-refractivity contribution is -0.923. The van der Waals surface area contributed by atoms with E-state index in [1.165, 1.54) is 16.7 Å². The zero-order valence-corrected chi connectivity index (χ0v) is 14.8. The quantitative estimate of drug-likeness (QED) is 0.811. The van der Waals surface area contributed by atoms with Gasteiger partial charge in [0.15, 0.2) is 11.5 Å². The summed E-state index contributed by atoms with van der Waals surface area (Å²) in [6.45, 7) is 1.08. The molecule has 24 heavy (non-hydrogen) atoms. The molecule has 1 heterocycles. The molecule has 0 bridgehead atoms. The van der Waals surface area contributed by atoms with Gasteiger partial charge in [-0.05, 0) is 23.3 Å². The van der Waals surface area contributed by atoms with E-state index in [0.717, 1.165) is 35.4 Å². The number of methoxy groups -OCH3 is 2. The van der Waals surface area contributed by atoms with Gasteiger partial charge >= 0.3 is 0 Å². The van der Waals surface area contributed by atoms with E-state index in [0.29, 0.717) is 6.04 Å². The third kappa shape index (κ3) is 3.06. The molecule has 0 radical (unpaired) electrons. The number of rotatable bonds is 4. The summed E-state index contributed by atoms with van der Waals surface area (Å²) in [7, 11) is 7.89. The van der Waals surface area contributed by atoms with Gasteiger partial charge in [-0.25, -0.2) is 0 Å². The summed E-state index contributed by atoms with van der Waals surface area (Å²) in [5.41, 5.74) is 3.83. The highest BCUT2D eigenvalue weighted by Crippen LogP contribution is 2.41. The Hall–Kier alpha value is -2.20. The van der Waals surface area contributed by atoms with E-state index >= 15 is 0 Å². The van der Waals surface area contributed by atoms with Crippen LogP contribution in [0.4, 0.5) is 0 Å². The van der Waals surface area contributed by atoms with Crippen molar-refractivity contribution in [1.29, 1.82) is 0 Å². The van der Waals surface area contributed by atoms with Crippen molar-refractivity contribution in [3.63, 3.8) is 0 Å². The number of likely N-dealkylation sites (N-methyl/N-ethyl adjacent to an activating group) is 1. The maximum Gasteiger partial charge on any atom is 0.161 e. The molecule has 0 aliphatic carbocycles. The molecule has 0 aromatic heterocycles. The minimum absolute atomic E-state index is 0.0583. The Bertz CT molecular complexity index is 722. The fourth-order valence-corrected chi connectivity index (χ4v) is 3.61. The number of nitrogens with zero attached hydrogens (tertiary/aromatic N) is 1. The Morgan fingerprint density at radius 3 is 2.29 bits per heavy atom. The summed E-state index contributed by atoms with van der Waals surface area (Å²) in [5.74, 6) is 1.62. The molecule has 1 unspecified atom stereocenters. The van der Waals surface area contributed by atoms with Crippen LogP contribution in [0.1, 0.15) is 22.7 Å². The standard InChI is InChI=1S/C20H25NO3/c1-21(2)10-9-15-12-19(23-3)20(24-4)13-17(15)18(21)11-14-5-7-16(22)8-6-14/h5-8,12-13,18H,9-11H2,1-4H3. The number of ether oxygens (including phenoxy) is 2. The molecule has 0 amide bonds.